The van der Waals surface area contributed by atoms with Crippen molar-refractivity contribution in [2.45, 2.75) is 19.9 Å². The zero-order valence-corrected chi connectivity index (χ0v) is 9.43. The molecular formula is C11H16FNO2. The average molecular weight is 213 g/mol. The Balaban J connectivity index is 3.44. The molecule has 2 N–H and O–H groups in total. The highest BCUT2D eigenvalue weighted by Crippen LogP contribution is 2.37. The molecule has 1 aromatic rings. The van der Waals surface area contributed by atoms with Crippen LogP contribution in [0.1, 0.15) is 24.1 Å². The van der Waals surface area contributed by atoms with Crippen LogP contribution in [0.25, 0.3) is 0 Å². The molecule has 1 rings (SSSR count). The minimum Gasteiger partial charge on any atom is -0.492 e. The first kappa shape index (κ1) is 11.8. The van der Waals surface area contributed by atoms with Gasteiger partial charge >= 0.3 is 0 Å². The maximum Gasteiger partial charge on any atom is 0.197 e. The molecule has 0 aliphatic carbocycles. The van der Waals surface area contributed by atoms with E-state index in [1.165, 1.54) is 20.3 Å². The van der Waals surface area contributed by atoms with Crippen LogP contribution in [-0.2, 0) is 0 Å². The van der Waals surface area contributed by atoms with Gasteiger partial charge in [0.05, 0.1) is 14.2 Å². The van der Waals surface area contributed by atoms with E-state index in [0.29, 0.717) is 5.75 Å². The first-order valence-corrected chi connectivity index (χ1v) is 4.69. The number of nitrogens with two attached hydrogens (primary N) is 1. The van der Waals surface area contributed by atoms with Gasteiger partial charge in [-0.05, 0) is 31.0 Å². The van der Waals surface area contributed by atoms with Gasteiger partial charge in [0.25, 0.3) is 0 Å². The van der Waals surface area contributed by atoms with E-state index in [0.717, 1.165) is 11.1 Å². The third kappa shape index (κ3) is 2.04. The minimum atomic E-state index is -0.452. The van der Waals surface area contributed by atoms with Gasteiger partial charge in [0.2, 0.25) is 0 Å². The lowest BCUT2D eigenvalue weighted by Crippen LogP contribution is -2.09. The Morgan fingerprint density at radius 3 is 2.20 bits per heavy atom. The molecule has 1 aromatic carbocycles. The smallest absolute Gasteiger partial charge is 0.197 e. The number of hydrogen-bond donors (Lipinski definition) is 1. The fourth-order valence-electron chi connectivity index (χ4n) is 1.63. The van der Waals surface area contributed by atoms with Gasteiger partial charge in [-0.25, -0.2) is 4.39 Å². The second-order valence-electron chi connectivity index (χ2n) is 3.43. The number of ether oxygens (including phenoxy) is 2. The molecule has 4 heteroatoms. The van der Waals surface area contributed by atoms with E-state index in [9.17, 15) is 4.39 Å². The summed E-state index contributed by atoms with van der Waals surface area (Å²) in [5, 5.41) is 0. The summed E-state index contributed by atoms with van der Waals surface area (Å²) in [6.07, 6.45) is 0. The summed E-state index contributed by atoms with van der Waals surface area (Å²) in [5.41, 5.74) is 7.27. The Bertz CT molecular complexity index is 364. The van der Waals surface area contributed by atoms with E-state index in [-0.39, 0.29) is 11.8 Å². The Hall–Kier alpha value is -1.29. The first-order valence-electron chi connectivity index (χ1n) is 4.69. The average Bonchev–Trinajstić information content (AvgIpc) is 2.19. The topological polar surface area (TPSA) is 44.5 Å². The largest absolute Gasteiger partial charge is 0.492 e. The number of halogens is 1. The van der Waals surface area contributed by atoms with Crippen LogP contribution < -0.4 is 15.2 Å². The van der Waals surface area contributed by atoms with Crippen LogP contribution in [0.4, 0.5) is 4.39 Å². The van der Waals surface area contributed by atoms with Crippen molar-refractivity contribution in [3.63, 3.8) is 0 Å². The van der Waals surface area contributed by atoms with Gasteiger partial charge in [-0.1, -0.05) is 0 Å². The van der Waals surface area contributed by atoms with Gasteiger partial charge in [0.15, 0.2) is 17.3 Å². The van der Waals surface area contributed by atoms with Gasteiger partial charge in [-0.15, -0.1) is 0 Å². The van der Waals surface area contributed by atoms with Gasteiger partial charge in [-0.3, -0.25) is 0 Å². The van der Waals surface area contributed by atoms with Crippen molar-refractivity contribution in [2.24, 2.45) is 5.73 Å². The van der Waals surface area contributed by atoms with Crippen LogP contribution in [0.3, 0.4) is 0 Å². The zero-order chi connectivity index (χ0) is 11.6. The maximum absolute atomic E-state index is 13.6. The lowest BCUT2D eigenvalue weighted by Gasteiger charge is -2.17. The maximum atomic E-state index is 13.6. The van der Waals surface area contributed by atoms with E-state index in [2.05, 4.69) is 0 Å². The second-order valence-corrected chi connectivity index (χ2v) is 3.43. The molecule has 0 saturated heterocycles. The van der Waals surface area contributed by atoms with E-state index < -0.39 is 5.82 Å². The van der Waals surface area contributed by atoms with Gasteiger partial charge < -0.3 is 15.2 Å². The van der Waals surface area contributed by atoms with Crippen LogP contribution in [-0.4, -0.2) is 14.2 Å². The third-order valence-electron chi connectivity index (χ3n) is 2.38. The van der Waals surface area contributed by atoms with Crippen molar-refractivity contribution in [1.29, 1.82) is 0 Å². The monoisotopic (exact) mass is 213 g/mol. The third-order valence-corrected chi connectivity index (χ3v) is 2.38. The standard InChI is InChI=1S/C11H16FNO2/c1-6-8(7(2)13)5-9(12)11(15-4)10(6)14-3/h5,7H,13H2,1-4H3. The molecule has 0 fully saturated rings. The fourth-order valence-corrected chi connectivity index (χ4v) is 1.63. The molecule has 0 saturated carbocycles. The summed E-state index contributed by atoms with van der Waals surface area (Å²) in [6, 6.07) is 1.15. The lowest BCUT2D eigenvalue weighted by atomic mass is 10.0. The van der Waals surface area contributed by atoms with Crippen molar-refractivity contribution in [2.75, 3.05) is 14.2 Å². The quantitative estimate of drug-likeness (QED) is 0.836. The molecule has 3 nitrogen and oxygen atoms in total. The summed E-state index contributed by atoms with van der Waals surface area (Å²) in [5.74, 6) is 0.0800. The van der Waals surface area contributed by atoms with Crippen molar-refractivity contribution in [3.8, 4) is 11.5 Å². The summed E-state index contributed by atoms with van der Waals surface area (Å²) in [7, 11) is 2.89. The van der Waals surface area contributed by atoms with Crippen LogP contribution in [0.2, 0.25) is 0 Å². The summed E-state index contributed by atoms with van der Waals surface area (Å²) < 4.78 is 23.6. The Morgan fingerprint density at radius 2 is 1.80 bits per heavy atom. The molecular weight excluding hydrogens is 197 g/mol. The molecule has 0 aromatic heterocycles. The SMILES string of the molecule is COc1c(F)cc(C(C)N)c(C)c1OC. The van der Waals surface area contributed by atoms with Crippen LogP contribution >= 0.6 is 0 Å². The Labute approximate surface area is 89.0 Å². The lowest BCUT2D eigenvalue weighted by molar-refractivity contribution is 0.334. The second kappa shape index (κ2) is 4.49. The Morgan fingerprint density at radius 1 is 1.27 bits per heavy atom. The van der Waals surface area contributed by atoms with E-state index in [1.807, 2.05) is 6.92 Å². The predicted molar refractivity (Wildman–Crippen MR) is 56.8 cm³/mol. The summed E-state index contributed by atoms with van der Waals surface area (Å²) in [6.45, 7) is 3.63. The number of methoxy groups -OCH3 is 2. The first-order chi connectivity index (χ1) is 7.02. The van der Waals surface area contributed by atoms with Crippen molar-refractivity contribution >= 4 is 0 Å². The number of benzene rings is 1. The highest BCUT2D eigenvalue weighted by atomic mass is 19.1. The van der Waals surface area contributed by atoms with Crippen LogP contribution in [0, 0.1) is 12.7 Å². The molecule has 0 radical (unpaired) electrons. The van der Waals surface area contributed by atoms with Crippen molar-refractivity contribution in [3.05, 3.63) is 23.0 Å². The highest BCUT2D eigenvalue weighted by Gasteiger charge is 2.18. The molecule has 1 atom stereocenters. The molecule has 1 unspecified atom stereocenters. The summed E-state index contributed by atoms with van der Waals surface area (Å²) >= 11 is 0. The molecule has 0 spiro atoms. The fraction of sp³-hybridized carbons (Fsp3) is 0.455. The van der Waals surface area contributed by atoms with Gasteiger partial charge in [-0.2, -0.15) is 0 Å². The predicted octanol–water partition coefficient (Wildman–Crippen LogP) is 2.17. The molecule has 0 aliphatic rings. The highest BCUT2D eigenvalue weighted by molar-refractivity contribution is 5.51. The van der Waals surface area contributed by atoms with Crippen molar-refractivity contribution in [1.82, 2.24) is 0 Å². The molecule has 15 heavy (non-hydrogen) atoms. The van der Waals surface area contributed by atoms with E-state index in [1.54, 1.807) is 6.92 Å². The molecule has 0 bridgehead atoms. The van der Waals surface area contributed by atoms with Crippen LogP contribution in [0.15, 0.2) is 6.07 Å². The van der Waals surface area contributed by atoms with Gasteiger partial charge in [0.1, 0.15) is 0 Å². The Kier molecular flexibility index (Phi) is 3.52. The number of hydrogen-bond acceptors (Lipinski definition) is 3. The molecule has 0 heterocycles. The van der Waals surface area contributed by atoms with Crippen molar-refractivity contribution < 1.29 is 13.9 Å². The zero-order valence-electron chi connectivity index (χ0n) is 9.43. The molecule has 0 aliphatic heterocycles. The van der Waals surface area contributed by atoms with E-state index >= 15 is 0 Å². The molecule has 84 valence electrons. The minimum absolute atomic E-state index is 0.124. The molecule has 0 amide bonds. The summed E-state index contributed by atoms with van der Waals surface area (Å²) in [4.78, 5) is 0. The van der Waals surface area contributed by atoms with E-state index in [4.69, 9.17) is 15.2 Å². The number of rotatable bonds is 3. The normalized spacial score (nSPS) is 12.4. The van der Waals surface area contributed by atoms with Gasteiger partial charge in [0, 0.05) is 6.04 Å². The van der Waals surface area contributed by atoms with Crippen LogP contribution in [0.5, 0.6) is 11.5 Å².